The van der Waals surface area contributed by atoms with Gasteiger partial charge in [-0.25, -0.2) is 0 Å². The van der Waals surface area contributed by atoms with E-state index < -0.39 is 17.4 Å². The Morgan fingerprint density at radius 3 is 2.15 bits per heavy atom. The molecule has 3 N–H and O–H groups in total. The molecule has 1 aliphatic carbocycles. The van der Waals surface area contributed by atoms with Gasteiger partial charge in [-0.3, -0.25) is 14.4 Å². The van der Waals surface area contributed by atoms with E-state index in [1.165, 1.54) is 0 Å². The Bertz CT molecular complexity index is 408. The van der Waals surface area contributed by atoms with E-state index in [0.717, 1.165) is 6.42 Å². The standard InChI is InChI=1S/C14H24N2O4/c1-9(11(18)16-13(2,3)4)15-10(17)8-14(12(19)20)6-5-7-14/h9H,5-8H2,1-4H3,(H,15,17)(H,16,18)(H,19,20). The van der Waals surface area contributed by atoms with Crippen molar-refractivity contribution in [2.75, 3.05) is 0 Å². The summed E-state index contributed by atoms with van der Waals surface area (Å²) in [5.41, 5.74) is -1.30. The van der Waals surface area contributed by atoms with E-state index in [0.29, 0.717) is 12.8 Å². The van der Waals surface area contributed by atoms with Gasteiger partial charge in [0.15, 0.2) is 0 Å². The van der Waals surface area contributed by atoms with Gasteiger partial charge < -0.3 is 15.7 Å². The maximum atomic E-state index is 11.9. The van der Waals surface area contributed by atoms with Crippen LogP contribution in [0.3, 0.4) is 0 Å². The molecule has 0 aromatic rings. The van der Waals surface area contributed by atoms with Crippen molar-refractivity contribution in [3.05, 3.63) is 0 Å². The summed E-state index contributed by atoms with van der Waals surface area (Å²) in [4.78, 5) is 34.9. The minimum Gasteiger partial charge on any atom is -0.481 e. The monoisotopic (exact) mass is 284 g/mol. The molecule has 0 heterocycles. The maximum Gasteiger partial charge on any atom is 0.310 e. The van der Waals surface area contributed by atoms with Crippen LogP contribution in [0.4, 0.5) is 0 Å². The van der Waals surface area contributed by atoms with E-state index in [1.807, 2.05) is 20.8 Å². The molecule has 1 atom stereocenters. The molecule has 6 nitrogen and oxygen atoms in total. The average Bonchev–Trinajstić information content (AvgIpc) is 2.20. The number of rotatable bonds is 5. The van der Waals surface area contributed by atoms with Crippen LogP contribution in [0.25, 0.3) is 0 Å². The third-order valence-corrected chi connectivity index (χ3v) is 3.53. The van der Waals surface area contributed by atoms with Crippen LogP contribution in [0.2, 0.25) is 0 Å². The highest BCUT2D eigenvalue weighted by Crippen LogP contribution is 2.44. The highest BCUT2D eigenvalue weighted by molar-refractivity contribution is 5.90. The van der Waals surface area contributed by atoms with Crippen LogP contribution in [0.15, 0.2) is 0 Å². The molecule has 2 amide bonds. The molecule has 0 aromatic carbocycles. The molecule has 0 radical (unpaired) electrons. The Labute approximate surface area is 119 Å². The predicted octanol–water partition coefficient (Wildman–Crippen LogP) is 1.05. The fraction of sp³-hybridized carbons (Fsp3) is 0.786. The van der Waals surface area contributed by atoms with Gasteiger partial charge in [-0.15, -0.1) is 0 Å². The van der Waals surface area contributed by atoms with Crippen molar-refractivity contribution in [3.63, 3.8) is 0 Å². The van der Waals surface area contributed by atoms with Crippen molar-refractivity contribution in [3.8, 4) is 0 Å². The summed E-state index contributed by atoms with van der Waals surface area (Å²) < 4.78 is 0. The Morgan fingerprint density at radius 2 is 1.80 bits per heavy atom. The number of carbonyl (C=O) groups is 3. The van der Waals surface area contributed by atoms with E-state index in [-0.39, 0.29) is 23.8 Å². The zero-order chi connectivity index (χ0) is 15.6. The summed E-state index contributed by atoms with van der Waals surface area (Å²) in [5, 5.41) is 14.5. The van der Waals surface area contributed by atoms with Crippen LogP contribution in [-0.2, 0) is 14.4 Å². The van der Waals surface area contributed by atoms with E-state index in [2.05, 4.69) is 10.6 Å². The zero-order valence-corrected chi connectivity index (χ0v) is 12.6. The molecule has 20 heavy (non-hydrogen) atoms. The van der Waals surface area contributed by atoms with Crippen LogP contribution in [-0.4, -0.2) is 34.5 Å². The number of carbonyl (C=O) groups excluding carboxylic acids is 2. The third kappa shape index (κ3) is 4.21. The van der Waals surface area contributed by atoms with Gasteiger partial charge in [0.25, 0.3) is 0 Å². The largest absolute Gasteiger partial charge is 0.481 e. The number of amides is 2. The van der Waals surface area contributed by atoms with Gasteiger partial charge >= 0.3 is 5.97 Å². The number of hydrogen-bond acceptors (Lipinski definition) is 3. The van der Waals surface area contributed by atoms with Crippen LogP contribution in [0.5, 0.6) is 0 Å². The Balaban J connectivity index is 2.50. The lowest BCUT2D eigenvalue weighted by Crippen LogP contribution is -2.52. The van der Waals surface area contributed by atoms with Gasteiger partial charge in [0.1, 0.15) is 6.04 Å². The molecular formula is C14H24N2O4. The maximum absolute atomic E-state index is 11.9. The lowest BCUT2D eigenvalue weighted by molar-refractivity contribution is -0.157. The van der Waals surface area contributed by atoms with Gasteiger partial charge in [0.2, 0.25) is 11.8 Å². The second-order valence-corrected chi connectivity index (χ2v) is 6.64. The van der Waals surface area contributed by atoms with E-state index in [1.54, 1.807) is 6.92 Å². The molecule has 1 unspecified atom stereocenters. The topological polar surface area (TPSA) is 95.5 Å². The fourth-order valence-corrected chi connectivity index (χ4v) is 2.21. The van der Waals surface area contributed by atoms with Crippen molar-refractivity contribution in [2.24, 2.45) is 5.41 Å². The SMILES string of the molecule is CC(NC(=O)CC1(C(=O)O)CCC1)C(=O)NC(C)(C)C. The van der Waals surface area contributed by atoms with Crippen molar-refractivity contribution < 1.29 is 19.5 Å². The van der Waals surface area contributed by atoms with Crippen LogP contribution >= 0.6 is 0 Å². The second-order valence-electron chi connectivity index (χ2n) is 6.64. The Kier molecular flexibility index (Phi) is 4.78. The molecule has 0 spiro atoms. The molecule has 114 valence electrons. The molecule has 0 saturated heterocycles. The molecular weight excluding hydrogens is 260 g/mol. The summed E-state index contributed by atoms with van der Waals surface area (Å²) >= 11 is 0. The lowest BCUT2D eigenvalue weighted by atomic mass is 9.66. The first kappa shape index (κ1) is 16.5. The van der Waals surface area contributed by atoms with Gasteiger partial charge in [0, 0.05) is 12.0 Å². The Morgan fingerprint density at radius 1 is 1.25 bits per heavy atom. The van der Waals surface area contributed by atoms with E-state index in [9.17, 15) is 14.4 Å². The molecule has 0 aromatic heterocycles. The molecule has 0 aliphatic heterocycles. The number of aliphatic carboxylic acids is 1. The molecule has 1 saturated carbocycles. The normalized spacial score (nSPS) is 18.6. The second kappa shape index (κ2) is 5.81. The van der Waals surface area contributed by atoms with Crippen molar-refractivity contribution >= 4 is 17.8 Å². The summed E-state index contributed by atoms with van der Waals surface area (Å²) in [6.45, 7) is 7.15. The minimum atomic E-state index is -0.926. The van der Waals surface area contributed by atoms with E-state index >= 15 is 0 Å². The minimum absolute atomic E-state index is 0.0600. The predicted molar refractivity (Wildman–Crippen MR) is 74.0 cm³/mol. The highest BCUT2D eigenvalue weighted by atomic mass is 16.4. The fourth-order valence-electron chi connectivity index (χ4n) is 2.21. The number of carboxylic acid groups (broad SMARTS) is 1. The summed E-state index contributed by atoms with van der Waals surface area (Å²) in [7, 11) is 0. The van der Waals surface area contributed by atoms with Crippen LogP contribution in [0.1, 0.15) is 53.4 Å². The molecule has 0 bridgehead atoms. The number of nitrogens with one attached hydrogen (secondary N) is 2. The summed E-state index contributed by atoms with van der Waals surface area (Å²) in [5.74, 6) is -1.59. The van der Waals surface area contributed by atoms with Crippen LogP contribution < -0.4 is 10.6 Å². The van der Waals surface area contributed by atoms with Crippen molar-refractivity contribution in [1.29, 1.82) is 0 Å². The highest BCUT2D eigenvalue weighted by Gasteiger charge is 2.46. The third-order valence-electron chi connectivity index (χ3n) is 3.53. The zero-order valence-electron chi connectivity index (χ0n) is 12.6. The first-order chi connectivity index (χ1) is 9.06. The van der Waals surface area contributed by atoms with Crippen molar-refractivity contribution in [1.82, 2.24) is 10.6 Å². The number of carboxylic acids is 1. The van der Waals surface area contributed by atoms with Gasteiger partial charge in [-0.1, -0.05) is 6.42 Å². The van der Waals surface area contributed by atoms with E-state index in [4.69, 9.17) is 5.11 Å². The van der Waals surface area contributed by atoms with Gasteiger partial charge in [0.05, 0.1) is 5.41 Å². The molecule has 1 fully saturated rings. The first-order valence-corrected chi connectivity index (χ1v) is 6.90. The number of hydrogen-bond donors (Lipinski definition) is 3. The molecule has 1 aliphatic rings. The Hall–Kier alpha value is -1.59. The smallest absolute Gasteiger partial charge is 0.310 e. The summed E-state index contributed by atoms with van der Waals surface area (Å²) in [6, 6.07) is -0.673. The first-order valence-electron chi connectivity index (χ1n) is 6.90. The quantitative estimate of drug-likeness (QED) is 0.703. The van der Waals surface area contributed by atoms with Gasteiger partial charge in [-0.2, -0.15) is 0 Å². The van der Waals surface area contributed by atoms with Crippen LogP contribution in [0, 0.1) is 5.41 Å². The molecule has 6 heteroatoms. The van der Waals surface area contributed by atoms with Gasteiger partial charge in [-0.05, 0) is 40.5 Å². The van der Waals surface area contributed by atoms with Crippen molar-refractivity contribution in [2.45, 2.75) is 65.0 Å². The summed E-state index contributed by atoms with van der Waals surface area (Å²) in [6.07, 6.45) is 1.83. The average molecular weight is 284 g/mol. The lowest BCUT2D eigenvalue weighted by Gasteiger charge is -2.37. The molecule has 1 rings (SSSR count).